The number of aliphatic imine (C=N–C) groups is 1. The topological polar surface area (TPSA) is 12.4 Å². The average Bonchev–Trinajstić information content (AvgIpc) is 2.18. The Morgan fingerprint density at radius 3 is 2.57 bits per heavy atom. The van der Waals surface area contributed by atoms with Crippen LogP contribution in [0.1, 0.15) is 37.8 Å². The monoisotopic (exact) mass is 187 g/mol. The molecule has 1 nitrogen and oxygen atoms in total. The van der Waals surface area contributed by atoms with Crippen molar-refractivity contribution in [3.05, 3.63) is 35.4 Å². The van der Waals surface area contributed by atoms with Crippen LogP contribution in [0.2, 0.25) is 0 Å². The molecule has 0 N–H and O–H groups in total. The van der Waals surface area contributed by atoms with Gasteiger partial charge in [-0.2, -0.15) is 0 Å². The summed E-state index contributed by atoms with van der Waals surface area (Å²) in [6.07, 6.45) is 4.13. The maximum absolute atomic E-state index is 4.03. The van der Waals surface area contributed by atoms with Crippen molar-refractivity contribution in [2.75, 3.05) is 0 Å². The summed E-state index contributed by atoms with van der Waals surface area (Å²) in [7, 11) is 0. The van der Waals surface area contributed by atoms with Gasteiger partial charge in [0.2, 0.25) is 0 Å². The summed E-state index contributed by atoms with van der Waals surface area (Å²) in [6.45, 7) is 9.99. The van der Waals surface area contributed by atoms with Gasteiger partial charge in [-0.3, -0.25) is 4.99 Å². The van der Waals surface area contributed by atoms with E-state index in [2.05, 4.69) is 37.7 Å². The number of nitrogens with zero attached hydrogens (tertiary/aromatic N) is 1. The molecule has 0 aromatic heterocycles. The highest BCUT2D eigenvalue weighted by Gasteiger charge is 2.06. The van der Waals surface area contributed by atoms with Crippen LogP contribution in [-0.4, -0.2) is 6.72 Å². The summed E-state index contributed by atoms with van der Waals surface area (Å²) in [5.74, 6) is 0.517. The third-order valence-corrected chi connectivity index (χ3v) is 2.24. The second-order valence-corrected chi connectivity index (χ2v) is 3.59. The van der Waals surface area contributed by atoms with Crippen LogP contribution in [0.5, 0.6) is 0 Å². The van der Waals surface area contributed by atoms with Gasteiger partial charge in [-0.05, 0) is 31.2 Å². The molecule has 1 aromatic rings. The summed E-state index contributed by atoms with van der Waals surface area (Å²) < 4.78 is 0. The van der Waals surface area contributed by atoms with Crippen molar-refractivity contribution in [1.82, 2.24) is 0 Å². The van der Waals surface area contributed by atoms with Crippen LogP contribution in [-0.2, 0) is 0 Å². The molecule has 0 spiro atoms. The van der Waals surface area contributed by atoms with E-state index in [1.165, 1.54) is 11.1 Å². The SMILES string of the molecule is C=Nc1cccc(C(C)C)c1/C=C\C. The van der Waals surface area contributed by atoms with E-state index in [4.69, 9.17) is 0 Å². The van der Waals surface area contributed by atoms with Gasteiger partial charge in [-0.15, -0.1) is 0 Å². The fraction of sp³-hybridized carbons (Fsp3) is 0.308. The van der Waals surface area contributed by atoms with Crippen molar-refractivity contribution >= 4 is 18.5 Å². The summed E-state index contributed by atoms with van der Waals surface area (Å²) in [5, 5.41) is 0. The quantitative estimate of drug-likeness (QED) is 0.629. The fourth-order valence-corrected chi connectivity index (χ4v) is 1.56. The second kappa shape index (κ2) is 4.75. The molecule has 0 atom stereocenters. The summed E-state index contributed by atoms with van der Waals surface area (Å²) in [6, 6.07) is 6.18. The molecule has 0 amide bonds. The number of rotatable bonds is 3. The van der Waals surface area contributed by atoms with Crippen LogP contribution in [0.4, 0.5) is 5.69 Å². The van der Waals surface area contributed by atoms with Crippen molar-refractivity contribution in [2.45, 2.75) is 26.7 Å². The molecule has 0 aliphatic heterocycles. The van der Waals surface area contributed by atoms with E-state index >= 15 is 0 Å². The molecule has 0 bridgehead atoms. The smallest absolute Gasteiger partial charge is 0.0697 e. The molecule has 14 heavy (non-hydrogen) atoms. The maximum atomic E-state index is 4.03. The minimum Gasteiger partial charge on any atom is -0.264 e. The van der Waals surface area contributed by atoms with Crippen LogP contribution in [0.25, 0.3) is 6.08 Å². The first kappa shape index (κ1) is 10.7. The van der Waals surface area contributed by atoms with Gasteiger partial charge in [0.1, 0.15) is 0 Å². The van der Waals surface area contributed by atoms with E-state index in [-0.39, 0.29) is 0 Å². The van der Waals surface area contributed by atoms with Crippen LogP contribution in [0, 0.1) is 0 Å². The first-order chi connectivity index (χ1) is 6.70. The highest BCUT2D eigenvalue weighted by atomic mass is 14.7. The Morgan fingerprint density at radius 1 is 1.36 bits per heavy atom. The number of hydrogen-bond donors (Lipinski definition) is 0. The van der Waals surface area contributed by atoms with Crippen molar-refractivity contribution in [3.63, 3.8) is 0 Å². The van der Waals surface area contributed by atoms with Crippen molar-refractivity contribution in [2.24, 2.45) is 4.99 Å². The number of benzene rings is 1. The molecular formula is C13H17N. The molecule has 0 saturated carbocycles. The Hall–Kier alpha value is -1.37. The summed E-state index contributed by atoms with van der Waals surface area (Å²) in [5.41, 5.74) is 3.49. The standard InChI is InChI=1S/C13H17N/c1-5-7-12-11(10(2)3)8-6-9-13(12)14-4/h5-10H,4H2,1-3H3/b7-5-. The van der Waals surface area contributed by atoms with Gasteiger partial charge in [0.05, 0.1) is 5.69 Å². The predicted molar refractivity (Wildman–Crippen MR) is 64.4 cm³/mol. The first-order valence-electron chi connectivity index (χ1n) is 4.93. The van der Waals surface area contributed by atoms with E-state index in [9.17, 15) is 0 Å². The van der Waals surface area contributed by atoms with E-state index in [0.29, 0.717) is 5.92 Å². The Balaban J connectivity index is 3.34. The minimum atomic E-state index is 0.517. The Labute approximate surface area is 86.2 Å². The average molecular weight is 187 g/mol. The zero-order valence-corrected chi connectivity index (χ0v) is 9.12. The third-order valence-electron chi connectivity index (χ3n) is 2.24. The third kappa shape index (κ3) is 2.11. The highest BCUT2D eigenvalue weighted by molar-refractivity contribution is 5.69. The van der Waals surface area contributed by atoms with E-state index < -0.39 is 0 Å². The van der Waals surface area contributed by atoms with Gasteiger partial charge >= 0.3 is 0 Å². The van der Waals surface area contributed by atoms with Gasteiger partial charge in [0.15, 0.2) is 0 Å². The first-order valence-corrected chi connectivity index (χ1v) is 4.93. The molecule has 0 aliphatic carbocycles. The zero-order chi connectivity index (χ0) is 10.6. The van der Waals surface area contributed by atoms with Crippen molar-refractivity contribution in [1.29, 1.82) is 0 Å². The highest BCUT2D eigenvalue weighted by Crippen LogP contribution is 2.28. The molecule has 0 aliphatic rings. The second-order valence-electron chi connectivity index (χ2n) is 3.59. The molecule has 0 heterocycles. The van der Waals surface area contributed by atoms with Gasteiger partial charge < -0.3 is 0 Å². The van der Waals surface area contributed by atoms with Gasteiger partial charge in [0.25, 0.3) is 0 Å². The van der Waals surface area contributed by atoms with Crippen molar-refractivity contribution < 1.29 is 0 Å². The van der Waals surface area contributed by atoms with E-state index in [1.807, 2.05) is 25.1 Å². The van der Waals surface area contributed by atoms with Crippen LogP contribution < -0.4 is 0 Å². The molecule has 1 aromatic carbocycles. The lowest BCUT2D eigenvalue weighted by Crippen LogP contribution is -1.91. The summed E-state index contributed by atoms with van der Waals surface area (Å²) in [4.78, 5) is 4.03. The van der Waals surface area contributed by atoms with E-state index in [1.54, 1.807) is 0 Å². The van der Waals surface area contributed by atoms with Gasteiger partial charge in [-0.1, -0.05) is 38.1 Å². The minimum absolute atomic E-state index is 0.517. The predicted octanol–water partition coefficient (Wildman–Crippen LogP) is 4.18. The molecule has 1 rings (SSSR count). The Morgan fingerprint density at radius 2 is 2.07 bits per heavy atom. The Bertz CT molecular complexity index is 348. The van der Waals surface area contributed by atoms with Crippen LogP contribution in [0.15, 0.2) is 29.3 Å². The van der Waals surface area contributed by atoms with Crippen molar-refractivity contribution in [3.8, 4) is 0 Å². The van der Waals surface area contributed by atoms with E-state index in [0.717, 1.165) is 5.69 Å². The molecule has 74 valence electrons. The number of allylic oxidation sites excluding steroid dienone is 1. The summed E-state index contributed by atoms with van der Waals surface area (Å²) >= 11 is 0. The Kier molecular flexibility index (Phi) is 3.63. The molecule has 0 saturated heterocycles. The van der Waals surface area contributed by atoms with Gasteiger partial charge in [0, 0.05) is 5.56 Å². The molecule has 1 heteroatoms. The lowest BCUT2D eigenvalue weighted by molar-refractivity contribution is 0.864. The van der Waals surface area contributed by atoms with Crippen LogP contribution >= 0.6 is 0 Å². The zero-order valence-electron chi connectivity index (χ0n) is 9.12. The largest absolute Gasteiger partial charge is 0.264 e. The molecule has 0 fully saturated rings. The lowest BCUT2D eigenvalue weighted by atomic mass is 9.95. The molecule has 0 unspecified atom stereocenters. The van der Waals surface area contributed by atoms with Crippen LogP contribution in [0.3, 0.4) is 0 Å². The lowest BCUT2D eigenvalue weighted by Gasteiger charge is -2.11. The van der Waals surface area contributed by atoms with Gasteiger partial charge in [-0.25, -0.2) is 0 Å². The maximum Gasteiger partial charge on any atom is 0.0697 e. The normalized spacial score (nSPS) is 11.1. The molecular weight excluding hydrogens is 170 g/mol. The number of hydrogen-bond acceptors (Lipinski definition) is 1. The fourth-order valence-electron chi connectivity index (χ4n) is 1.56. The molecule has 0 radical (unpaired) electrons.